The van der Waals surface area contributed by atoms with Gasteiger partial charge < -0.3 is 24.9 Å². The van der Waals surface area contributed by atoms with E-state index in [0.717, 1.165) is 107 Å². The van der Waals surface area contributed by atoms with Crippen molar-refractivity contribution in [2.45, 2.75) is 77.3 Å². The van der Waals surface area contributed by atoms with E-state index in [1.807, 2.05) is 29.2 Å². The van der Waals surface area contributed by atoms with Crippen LogP contribution in [0.2, 0.25) is 5.02 Å². The molecule has 5 aliphatic rings. The number of benzene rings is 2. The van der Waals surface area contributed by atoms with Gasteiger partial charge in [0.05, 0.1) is 0 Å². The molecule has 3 aromatic rings. The Kier molecular flexibility index (Phi) is 11.4. The molecule has 11 nitrogen and oxygen atoms in total. The molecule has 0 saturated carbocycles. The van der Waals surface area contributed by atoms with Crippen molar-refractivity contribution in [3.8, 4) is 0 Å². The van der Waals surface area contributed by atoms with Crippen molar-refractivity contribution < 1.29 is 14.4 Å². The molecule has 8 rings (SSSR count). The van der Waals surface area contributed by atoms with Crippen LogP contribution in [0.3, 0.4) is 0 Å². The lowest BCUT2D eigenvalue weighted by Gasteiger charge is -2.40. The van der Waals surface area contributed by atoms with E-state index in [1.54, 1.807) is 6.20 Å². The SMILES string of the molecule is CCc1ccc(N2CC3(CCN(c4ccc(C(=O)N5CCC(CN6CCN(c7cc(N[C@H]8CCC(=O)NC8=O)ccn7)CC6)CC5)cc4)CC3)C[C@@H]2C)cc1Cl. The lowest BCUT2D eigenvalue weighted by atomic mass is 9.76. The molecule has 2 atom stereocenters. The Labute approximate surface area is 336 Å². The summed E-state index contributed by atoms with van der Waals surface area (Å²) < 4.78 is 0. The Morgan fingerprint density at radius 1 is 0.893 bits per heavy atom. The highest BCUT2D eigenvalue weighted by Crippen LogP contribution is 2.46. The topological polar surface area (TPSA) is 104 Å². The number of likely N-dealkylation sites (tertiary alicyclic amines) is 1. The maximum atomic E-state index is 13.6. The molecular weight excluding hydrogens is 724 g/mol. The van der Waals surface area contributed by atoms with Gasteiger partial charge in [-0.1, -0.05) is 24.6 Å². The predicted molar refractivity (Wildman–Crippen MR) is 224 cm³/mol. The van der Waals surface area contributed by atoms with Gasteiger partial charge in [0.1, 0.15) is 11.9 Å². The van der Waals surface area contributed by atoms with Crippen LogP contribution in [0.25, 0.3) is 0 Å². The number of nitrogens with zero attached hydrogens (tertiary/aromatic N) is 6. The average Bonchev–Trinajstić information content (AvgIpc) is 3.54. The number of halogens is 1. The number of rotatable bonds is 9. The number of anilines is 4. The summed E-state index contributed by atoms with van der Waals surface area (Å²) in [4.78, 5) is 53.9. The number of hydrogen-bond acceptors (Lipinski definition) is 9. The largest absolute Gasteiger partial charge is 0.374 e. The normalized spacial score (nSPS) is 23.5. The maximum Gasteiger partial charge on any atom is 0.253 e. The van der Waals surface area contributed by atoms with Gasteiger partial charge in [-0.15, -0.1) is 0 Å². The molecule has 5 fully saturated rings. The summed E-state index contributed by atoms with van der Waals surface area (Å²) >= 11 is 6.60. The van der Waals surface area contributed by atoms with Crippen molar-refractivity contribution in [1.29, 1.82) is 0 Å². The van der Waals surface area contributed by atoms with Crippen LogP contribution in [0, 0.1) is 11.3 Å². The number of piperidine rings is 3. The zero-order chi connectivity index (χ0) is 38.8. The summed E-state index contributed by atoms with van der Waals surface area (Å²) in [5.74, 6) is 1.15. The number of carbonyl (C=O) groups excluding carboxylic acids is 3. The van der Waals surface area contributed by atoms with Gasteiger partial charge in [-0.2, -0.15) is 0 Å². The third-order valence-electron chi connectivity index (χ3n) is 13.3. The molecule has 3 amide bonds. The highest BCUT2D eigenvalue weighted by molar-refractivity contribution is 6.31. The monoisotopic (exact) mass is 780 g/mol. The number of nitrogens with one attached hydrogen (secondary N) is 2. The minimum atomic E-state index is -0.412. The molecule has 5 saturated heterocycles. The van der Waals surface area contributed by atoms with Crippen LogP contribution in [-0.4, -0.2) is 110 Å². The molecule has 0 unspecified atom stereocenters. The predicted octanol–water partition coefficient (Wildman–Crippen LogP) is 6.07. The molecule has 1 aromatic heterocycles. The number of amides is 3. The fraction of sp³-hybridized carbons (Fsp3) is 0.545. The highest BCUT2D eigenvalue weighted by Gasteiger charge is 2.44. The first-order valence-corrected chi connectivity index (χ1v) is 21.3. The van der Waals surface area contributed by atoms with Gasteiger partial charge in [0.15, 0.2) is 0 Å². The van der Waals surface area contributed by atoms with Gasteiger partial charge in [0, 0.05) is 118 Å². The molecule has 12 heteroatoms. The van der Waals surface area contributed by atoms with Crippen LogP contribution in [0.4, 0.5) is 22.9 Å². The first-order valence-electron chi connectivity index (χ1n) is 20.9. The number of carbonyl (C=O) groups is 3. The Morgan fingerprint density at radius 3 is 2.32 bits per heavy atom. The summed E-state index contributed by atoms with van der Waals surface area (Å²) in [6, 6.07) is 18.9. The van der Waals surface area contributed by atoms with Crippen molar-refractivity contribution in [1.82, 2.24) is 20.1 Å². The number of aryl methyl sites for hydroxylation is 1. The summed E-state index contributed by atoms with van der Waals surface area (Å²) in [6.07, 6.45) is 9.20. The van der Waals surface area contributed by atoms with E-state index in [4.69, 9.17) is 11.6 Å². The highest BCUT2D eigenvalue weighted by atomic mass is 35.5. The van der Waals surface area contributed by atoms with Crippen LogP contribution in [0.1, 0.15) is 74.7 Å². The third kappa shape index (κ3) is 8.49. The summed E-state index contributed by atoms with van der Waals surface area (Å²) in [5, 5.41) is 6.56. The molecule has 5 aliphatic heterocycles. The molecule has 0 radical (unpaired) electrons. The van der Waals surface area contributed by atoms with Crippen molar-refractivity contribution in [2.75, 3.05) is 85.5 Å². The molecule has 6 heterocycles. The van der Waals surface area contributed by atoms with E-state index >= 15 is 0 Å². The van der Waals surface area contributed by atoms with Crippen molar-refractivity contribution in [3.63, 3.8) is 0 Å². The van der Waals surface area contributed by atoms with Crippen LogP contribution in [0.15, 0.2) is 60.8 Å². The standard InChI is InChI=1S/C44H57ClN8O3/c1-3-33-4-9-37(27-38(33)45)53-30-44(28-31(53)2)15-20-50(21-16-44)36-7-5-34(6-8-36)43(56)52-18-13-32(14-19-52)29-49-22-24-51(25-23-49)40-26-35(12-17-46-40)47-39-10-11-41(54)48-42(39)55/h4-9,12,17,26-27,31-32,39H,3,10-11,13-16,18-25,28-30H2,1-2H3,(H,46,47)(H,48,54,55)/t31-,39-/m0/s1. The number of pyridine rings is 1. The Hall–Kier alpha value is -4.35. The Balaban J connectivity index is 0.761. The summed E-state index contributed by atoms with van der Waals surface area (Å²) in [7, 11) is 0. The van der Waals surface area contributed by atoms with Crippen LogP contribution in [-0.2, 0) is 16.0 Å². The Bertz CT molecular complexity index is 1880. The molecule has 2 aromatic carbocycles. The maximum absolute atomic E-state index is 13.6. The van der Waals surface area contributed by atoms with Gasteiger partial charge >= 0.3 is 0 Å². The molecular formula is C44H57ClN8O3. The van der Waals surface area contributed by atoms with Crippen LogP contribution >= 0.6 is 11.6 Å². The van der Waals surface area contributed by atoms with Crippen LogP contribution < -0.4 is 25.3 Å². The van der Waals surface area contributed by atoms with E-state index in [0.29, 0.717) is 30.2 Å². The van der Waals surface area contributed by atoms with E-state index in [2.05, 4.69) is 79.4 Å². The molecule has 56 heavy (non-hydrogen) atoms. The summed E-state index contributed by atoms with van der Waals surface area (Å²) in [5.41, 5.74) is 5.64. The zero-order valence-corrected chi connectivity index (χ0v) is 33.8. The molecule has 0 bridgehead atoms. The molecule has 0 aliphatic carbocycles. The van der Waals surface area contributed by atoms with Gasteiger partial charge in [0.25, 0.3) is 5.91 Å². The lowest BCUT2D eigenvalue weighted by molar-refractivity contribution is -0.133. The summed E-state index contributed by atoms with van der Waals surface area (Å²) in [6.45, 7) is 14.1. The number of imide groups is 1. The minimum absolute atomic E-state index is 0.148. The van der Waals surface area contributed by atoms with Crippen molar-refractivity contribution in [3.05, 3.63) is 76.9 Å². The average molecular weight is 781 g/mol. The second-order valence-electron chi connectivity index (χ2n) is 16.9. The molecule has 298 valence electrons. The molecule has 1 spiro atoms. The van der Waals surface area contributed by atoms with E-state index in [-0.39, 0.29) is 17.7 Å². The number of piperazine rings is 1. The smallest absolute Gasteiger partial charge is 0.253 e. The van der Waals surface area contributed by atoms with Crippen LogP contribution in [0.5, 0.6) is 0 Å². The minimum Gasteiger partial charge on any atom is -0.374 e. The second-order valence-corrected chi connectivity index (χ2v) is 17.3. The van der Waals surface area contributed by atoms with E-state index < -0.39 is 6.04 Å². The van der Waals surface area contributed by atoms with E-state index in [1.165, 1.54) is 36.2 Å². The van der Waals surface area contributed by atoms with Crippen molar-refractivity contribution in [2.24, 2.45) is 11.3 Å². The van der Waals surface area contributed by atoms with Gasteiger partial charge in [-0.3, -0.25) is 24.6 Å². The Morgan fingerprint density at radius 2 is 1.62 bits per heavy atom. The van der Waals surface area contributed by atoms with Gasteiger partial charge in [-0.25, -0.2) is 4.98 Å². The fourth-order valence-electron chi connectivity index (χ4n) is 9.82. The lowest BCUT2D eigenvalue weighted by Crippen LogP contribution is -2.49. The second kappa shape index (κ2) is 16.6. The number of hydrogen-bond donors (Lipinski definition) is 2. The van der Waals surface area contributed by atoms with Crippen molar-refractivity contribution >= 4 is 52.2 Å². The first-order chi connectivity index (χ1) is 27.1. The van der Waals surface area contributed by atoms with Gasteiger partial charge in [-0.05, 0) is 111 Å². The zero-order valence-electron chi connectivity index (χ0n) is 33.0. The fourth-order valence-corrected chi connectivity index (χ4v) is 10.1. The van der Waals surface area contributed by atoms with E-state index in [9.17, 15) is 14.4 Å². The quantitative estimate of drug-likeness (QED) is 0.251. The third-order valence-corrected chi connectivity index (χ3v) is 13.6. The van der Waals surface area contributed by atoms with Gasteiger partial charge in [0.2, 0.25) is 11.8 Å². The first kappa shape index (κ1) is 38.5. The number of aromatic nitrogens is 1. The molecule has 2 N–H and O–H groups in total.